The lowest BCUT2D eigenvalue weighted by atomic mass is 10.1. The van der Waals surface area contributed by atoms with Gasteiger partial charge in [0.25, 0.3) is 5.89 Å². The maximum Gasteiger partial charge on any atom is 0.308 e. The molecule has 0 bridgehead atoms. The average Bonchev–Trinajstić information content (AvgIpc) is 3.17. The number of halogens is 1. The van der Waals surface area contributed by atoms with Crippen LogP contribution >= 0.6 is 11.6 Å². The first-order valence-corrected chi connectivity index (χ1v) is 9.03. The minimum Gasteiger partial charge on any atom is -0.456 e. The van der Waals surface area contributed by atoms with E-state index in [2.05, 4.69) is 15.5 Å². The van der Waals surface area contributed by atoms with Crippen molar-refractivity contribution < 1.29 is 18.8 Å². The Balaban J connectivity index is 1.37. The molecule has 7 nitrogen and oxygen atoms in total. The number of amides is 1. The average molecular weight is 400 g/mol. The van der Waals surface area contributed by atoms with Gasteiger partial charge in [-0.1, -0.05) is 47.1 Å². The molecular weight excluding hydrogens is 382 g/mol. The topological polar surface area (TPSA) is 94.3 Å². The van der Waals surface area contributed by atoms with Crippen LogP contribution in [-0.4, -0.2) is 28.6 Å². The van der Waals surface area contributed by atoms with E-state index in [4.69, 9.17) is 20.9 Å². The number of hydrogen-bond acceptors (Lipinski definition) is 6. The fourth-order valence-corrected chi connectivity index (χ4v) is 2.52. The van der Waals surface area contributed by atoms with Crippen molar-refractivity contribution in [2.45, 2.75) is 19.4 Å². The van der Waals surface area contributed by atoms with Crippen LogP contribution in [0.3, 0.4) is 0 Å². The molecule has 3 aromatic rings. The van der Waals surface area contributed by atoms with E-state index >= 15 is 0 Å². The summed E-state index contributed by atoms with van der Waals surface area (Å²) in [4.78, 5) is 27.8. The zero-order valence-electron chi connectivity index (χ0n) is 14.9. The highest BCUT2D eigenvalue weighted by molar-refractivity contribution is 6.30. The third kappa shape index (κ3) is 5.92. The summed E-state index contributed by atoms with van der Waals surface area (Å²) >= 11 is 5.84. The number of benzene rings is 2. The van der Waals surface area contributed by atoms with E-state index in [-0.39, 0.29) is 37.8 Å². The van der Waals surface area contributed by atoms with Crippen LogP contribution in [0.1, 0.15) is 17.9 Å². The minimum absolute atomic E-state index is 0.0543. The van der Waals surface area contributed by atoms with Crippen LogP contribution in [0.2, 0.25) is 5.02 Å². The molecule has 2 aromatic carbocycles. The highest BCUT2D eigenvalue weighted by atomic mass is 35.5. The Bertz CT molecular complexity index is 926. The van der Waals surface area contributed by atoms with E-state index < -0.39 is 5.97 Å². The summed E-state index contributed by atoms with van der Waals surface area (Å²) in [6.45, 7) is 0.0712. The zero-order valence-corrected chi connectivity index (χ0v) is 15.7. The second kappa shape index (κ2) is 9.66. The molecule has 144 valence electrons. The smallest absolute Gasteiger partial charge is 0.308 e. The predicted molar refractivity (Wildman–Crippen MR) is 102 cm³/mol. The van der Waals surface area contributed by atoms with Crippen LogP contribution in [0, 0.1) is 0 Å². The molecule has 0 aliphatic rings. The molecule has 1 aromatic heterocycles. The summed E-state index contributed by atoms with van der Waals surface area (Å²) in [6, 6.07) is 16.3. The lowest BCUT2D eigenvalue weighted by molar-refractivity contribution is -0.145. The number of nitrogens with one attached hydrogen (secondary N) is 1. The fourth-order valence-electron chi connectivity index (χ4n) is 2.39. The molecule has 8 heteroatoms. The van der Waals surface area contributed by atoms with Crippen molar-refractivity contribution in [1.82, 2.24) is 15.5 Å². The predicted octanol–water partition coefficient (Wildman–Crippen LogP) is 3.18. The van der Waals surface area contributed by atoms with Crippen molar-refractivity contribution in [3.63, 3.8) is 0 Å². The van der Waals surface area contributed by atoms with Gasteiger partial charge in [-0.3, -0.25) is 9.59 Å². The van der Waals surface area contributed by atoms with Crippen molar-refractivity contribution in [3.8, 4) is 11.4 Å². The van der Waals surface area contributed by atoms with Crippen LogP contribution in [0.4, 0.5) is 0 Å². The van der Waals surface area contributed by atoms with Gasteiger partial charge in [0.15, 0.2) is 6.61 Å². The van der Waals surface area contributed by atoms with Gasteiger partial charge < -0.3 is 14.6 Å². The molecule has 0 aliphatic carbocycles. The van der Waals surface area contributed by atoms with Crippen LogP contribution < -0.4 is 5.32 Å². The molecule has 0 radical (unpaired) electrons. The molecule has 0 fully saturated rings. The van der Waals surface area contributed by atoms with E-state index in [1.807, 2.05) is 30.3 Å². The Hall–Kier alpha value is -3.19. The molecule has 0 spiro atoms. The molecule has 0 saturated heterocycles. The molecule has 1 N–H and O–H groups in total. The number of esters is 1. The van der Waals surface area contributed by atoms with E-state index in [9.17, 15) is 9.59 Å². The van der Waals surface area contributed by atoms with Crippen molar-refractivity contribution in [2.75, 3.05) is 6.54 Å². The lowest BCUT2D eigenvalue weighted by Crippen LogP contribution is -2.27. The number of rotatable bonds is 8. The summed E-state index contributed by atoms with van der Waals surface area (Å²) < 4.78 is 10.2. The Morgan fingerprint density at radius 2 is 1.82 bits per heavy atom. The number of ether oxygens (including phenoxy) is 1. The highest BCUT2D eigenvalue weighted by Crippen LogP contribution is 2.18. The fraction of sp³-hybridized carbons (Fsp3) is 0.200. The maximum absolute atomic E-state index is 11.8. The first-order chi connectivity index (χ1) is 13.6. The number of carbonyl (C=O) groups is 2. The van der Waals surface area contributed by atoms with Crippen LogP contribution in [-0.2, 0) is 27.4 Å². The third-order valence-corrected chi connectivity index (χ3v) is 4.04. The number of aromatic nitrogens is 2. The molecular formula is C20H18ClN3O4. The van der Waals surface area contributed by atoms with Crippen LogP contribution in [0.15, 0.2) is 59.1 Å². The summed E-state index contributed by atoms with van der Waals surface area (Å²) in [7, 11) is 0. The van der Waals surface area contributed by atoms with Crippen molar-refractivity contribution in [1.29, 1.82) is 0 Å². The molecule has 1 amide bonds. The van der Waals surface area contributed by atoms with Gasteiger partial charge in [0, 0.05) is 17.1 Å². The summed E-state index contributed by atoms with van der Waals surface area (Å²) in [5.74, 6) is -0.0444. The van der Waals surface area contributed by atoms with Gasteiger partial charge >= 0.3 is 5.97 Å². The van der Waals surface area contributed by atoms with Crippen LogP contribution in [0.25, 0.3) is 11.4 Å². The van der Waals surface area contributed by atoms with Crippen molar-refractivity contribution in [3.05, 3.63) is 71.1 Å². The monoisotopic (exact) mass is 399 g/mol. The third-order valence-electron chi connectivity index (χ3n) is 3.79. The number of hydrogen-bond donors (Lipinski definition) is 1. The van der Waals surface area contributed by atoms with Gasteiger partial charge in [-0.15, -0.1) is 0 Å². The SMILES string of the molecule is O=C(Cc1ccccc1)NCCC(=O)OCc1nc(-c2ccc(Cl)cc2)no1. The molecule has 28 heavy (non-hydrogen) atoms. The second-order valence-electron chi connectivity index (χ2n) is 5.94. The Morgan fingerprint density at radius 3 is 2.57 bits per heavy atom. The molecule has 3 rings (SSSR count). The van der Waals surface area contributed by atoms with E-state index in [0.29, 0.717) is 10.8 Å². The first-order valence-electron chi connectivity index (χ1n) is 8.65. The number of carbonyl (C=O) groups excluding carboxylic acids is 2. The second-order valence-corrected chi connectivity index (χ2v) is 6.38. The number of nitrogens with zero attached hydrogens (tertiary/aromatic N) is 2. The van der Waals surface area contributed by atoms with E-state index in [1.54, 1.807) is 24.3 Å². The molecule has 1 heterocycles. The Labute approximate surface area is 166 Å². The van der Waals surface area contributed by atoms with E-state index in [1.165, 1.54) is 0 Å². The normalized spacial score (nSPS) is 10.5. The van der Waals surface area contributed by atoms with Gasteiger partial charge in [0.05, 0.1) is 12.8 Å². The first kappa shape index (κ1) is 19.6. The maximum atomic E-state index is 11.8. The molecule has 0 aliphatic heterocycles. The van der Waals surface area contributed by atoms with Crippen LogP contribution in [0.5, 0.6) is 0 Å². The van der Waals surface area contributed by atoms with Crippen molar-refractivity contribution in [2.24, 2.45) is 0 Å². The highest BCUT2D eigenvalue weighted by Gasteiger charge is 2.11. The molecule has 0 atom stereocenters. The standard InChI is InChI=1S/C20H18ClN3O4/c21-16-8-6-15(7-9-16)20-23-18(28-24-20)13-27-19(26)10-11-22-17(25)12-14-4-2-1-3-5-14/h1-9H,10-13H2,(H,22,25). The quantitative estimate of drug-likeness (QED) is 0.584. The van der Waals surface area contributed by atoms with Gasteiger partial charge in [0.1, 0.15) is 0 Å². The summed E-state index contributed by atoms with van der Waals surface area (Å²) in [6.07, 6.45) is 0.323. The van der Waals surface area contributed by atoms with Gasteiger partial charge in [-0.2, -0.15) is 4.98 Å². The van der Waals surface area contributed by atoms with Gasteiger partial charge in [0.2, 0.25) is 11.7 Å². The summed E-state index contributed by atoms with van der Waals surface area (Å²) in [5, 5.41) is 7.14. The lowest BCUT2D eigenvalue weighted by Gasteiger charge is -2.05. The van der Waals surface area contributed by atoms with Gasteiger partial charge in [-0.25, -0.2) is 0 Å². The molecule has 0 unspecified atom stereocenters. The van der Waals surface area contributed by atoms with E-state index in [0.717, 1.165) is 11.1 Å². The minimum atomic E-state index is -0.466. The van der Waals surface area contributed by atoms with Crippen molar-refractivity contribution >= 4 is 23.5 Å². The zero-order chi connectivity index (χ0) is 19.8. The Kier molecular flexibility index (Phi) is 6.75. The summed E-state index contributed by atoms with van der Waals surface area (Å²) in [5.41, 5.74) is 1.65. The Morgan fingerprint density at radius 1 is 1.07 bits per heavy atom. The molecule has 0 saturated carbocycles. The van der Waals surface area contributed by atoms with Gasteiger partial charge in [-0.05, 0) is 29.8 Å². The largest absolute Gasteiger partial charge is 0.456 e.